The molecule has 0 aliphatic heterocycles. The third-order valence-corrected chi connectivity index (χ3v) is 4.42. The molecule has 3 aromatic carbocycles. The van der Waals surface area contributed by atoms with Crippen molar-refractivity contribution in [2.45, 2.75) is 6.54 Å². The molecule has 0 aliphatic rings. The van der Waals surface area contributed by atoms with Gasteiger partial charge in [0.05, 0.1) is 5.69 Å². The standard InChI is InChI=1S/C22H18ClFN2O2/c23-17-10-11-20(18(12-17)22(28)15-6-2-1-3-7-15)26-21(27)14-25-13-16-8-4-5-9-19(16)24/h1-12,25H,13-14H2,(H,26,27)/p+1. The number of carbonyl (C=O) groups excluding carboxylic acids is 2. The Balaban J connectivity index is 1.67. The number of carbonyl (C=O) groups is 2. The van der Waals surface area contributed by atoms with Gasteiger partial charge in [-0.1, -0.05) is 60.1 Å². The lowest BCUT2D eigenvalue weighted by Gasteiger charge is -2.11. The molecule has 0 heterocycles. The first kappa shape index (κ1) is 19.7. The highest BCUT2D eigenvalue weighted by atomic mass is 35.5. The summed E-state index contributed by atoms with van der Waals surface area (Å²) in [6.07, 6.45) is 0. The summed E-state index contributed by atoms with van der Waals surface area (Å²) < 4.78 is 13.6. The Morgan fingerprint density at radius 1 is 0.964 bits per heavy atom. The number of nitrogens with one attached hydrogen (secondary N) is 1. The first-order chi connectivity index (χ1) is 13.5. The molecule has 28 heavy (non-hydrogen) atoms. The van der Waals surface area contributed by atoms with Gasteiger partial charge in [-0.15, -0.1) is 0 Å². The predicted molar refractivity (Wildman–Crippen MR) is 107 cm³/mol. The molecule has 0 spiro atoms. The third kappa shape index (κ3) is 5.03. The fraction of sp³-hybridized carbons (Fsp3) is 0.0909. The summed E-state index contributed by atoms with van der Waals surface area (Å²) >= 11 is 6.04. The van der Waals surface area contributed by atoms with E-state index in [9.17, 15) is 14.0 Å². The first-order valence-electron chi connectivity index (χ1n) is 8.79. The van der Waals surface area contributed by atoms with Crippen LogP contribution < -0.4 is 10.6 Å². The Labute approximate surface area is 167 Å². The highest BCUT2D eigenvalue weighted by molar-refractivity contribution is 6.31. The van der Waals surface area contributed by atoms with Crippen LogP contribution in [-0.2, 0) is 11.3 Å². The second-order valence-electron chi connectivity index (χ2n) is 6.22. The number of hydrogen-bond acceptors (Lipinski definition) is 2. The summed E-state index contributed by atoms with van der Waals surface area (Å²) in [5.74, 6) is -0.817. The first-order valence-corrected chi connectivity index (χ1v) is 9.16. The molecule has 0 aliphatic carbocycles. The molecule has 0 saturated heterocycles. The van der Waals surface area contributed by atoms with Crippen molar-refractivity contribution in [1.82, 2.24) is 0 Å². The Morgan fingerprint density at radius 2 is 1.68 bits per heavy atom. The molecule has 0 atom stereocenters. The van der Waals surface area contributed by atoms with Crippen molar-refractivity contribution in [3.63, 3.8) is 0 Å². The zero-order valence-electron chi connectivity index (χ0n) is 15.0. The molecule has 4 nitrogen and oxygen atoms in total. The molecule has 3 rings (SSSR count). The van der Waals surface area contributed by atoms with Crippen molar-refractivity contribution < 1.29 is 19.3 Å². The molecule has 0 aromatic heterocycles. The summed E-state index contributed by atoms with van der Waals surface area (Å²) in [7, 11) is 0. The van der Waals surface area contributed by atoms with Crippen LogP contribution in [0.25, 0.3) is 0 Å². The van der Waals surface area contributed by atoms with Crippen molar-refractivity contribution in [3.8, 4) is 0 Å². The van der Waals surface area contributed by atoms with Crippen LogP contribution in [0.2, 0.25) is 5.02 Å². The minimum Gasteiger partial charge on any atom is -0.335 e. The minimum atomic E-state index is -0.299. The van der Waals surface area contributed by atoms with Crippen molar-refractivity contribution >= 4 is 29.0 Å². The fourth-order valence-corrected chi connectivity index (χ4v) is 2.95. The van der Waals surface area contributed by atoms with Crippen molar-refractivity contribution in [2.75, 3.05) is 11.9 Å². The van der Waals surface area contributed by atoms with Gasteiger partial charge in [-0.05, 0) is 24.3 Å². The van der Waals surface area contributed by atoms with E-state index in [1.54, 1.807) is 59.9 Å². The Morgan fingerprint density at radius 3 is 2.43 bits per heavy atom. The van der Waals surface area contributed by atoms with E-state index in [0.717, 1.165) is 0 Å². The molecule has 142 valence electrons. The maximum absolute atomic E-state index is 13.6. The van der Waals surface area contributed by atoms with Gasteiger partial charge in [0.1, 0.15) is 12.4 Å². The van der Waals surface area contributed by atoms with Crippen LogP contribution in [0.1, 0.15) is 21.5 Å². The van der Waals surface area contributed by atoms with Gasteiger partial charge in [-0.25, -0.2) is 4.39 Å². The van der Waals surface area contributed by atoms with Gasteiger partial charge >= 0.3 is 0 Å². The van der Waals surface area contributed by atoms with Crippen LogP contribution in [0.3, 0.4) is 0 Å². The number of hydrogen-bond donors (Lipinski definition) is 2. The molecular weight excluding hydrogens is 379 g/mol. The monoisotopic (exact) mass is 397 g/mol. The van der Waals surface area contributed by atoms with E-state index >= 15 is 0 Å². The Bertz CT molecular complexity index is 993. The Hall–Kier alpha value is -3.02. The summed E-state index contributed by atoms with van der Waals surface area (Å²) in [6, 6.07) is 20.0. The lowest BCUT2D eigenvalue weighted by atomic mass is 10.0. The summed E-state index contributed by atoms with van der Waals surface area (Å²) in [5, 5.41) is 4.85. The number of rotatable bonds is 7. The molecule has 0 fully saturated rings. The molecule has 0 saturated carbocycles. The van der Waals surface area contributed by atoms with Gasteiger partial charge in [0.2, 0.25) is 0 Å². The van der Waals surface area contributed by atoms with E-state index in [1.807, 2.05) is 6.07 Å². The van der Waals surface area contributed by atoms with Gasteiger partial charge in [-0.3, -0.25) is 9.59 Å². The number of amides is 1. The van der Waals surface area contributed by atoms with E-state index in [1.165, 1.54) is 12.1 Å². The number of anilines is 1. The molecular formula is C22H19ClFN2O2+. The van der Waals surface area contributed by atoms with Crippen LogP contribution in [0, 0.1) is 5.82 Å². The van der Waals surface area contributed by atoms with E-state index in [0.29, 0.717) is 33.9 Å². The number of quaternary nitrogens is 1. The number of nitrogens with two attached hydrogens (primary N) is 1. The van der Waals surface area contributed by atoms with Crippen molar-refractivity contribution in [3.05, 3.63) is 100 Å². The average molecular weight is 398 g/mol. The minimum absolute atomic E-state index is 0.0932. The lowest BCUT2D eigenvalue weighted by Crippen LogP contribution is -2.84. The van der Waals surface area contributed by atoms with Crippen LogP contribution >= 0.6 is 11.6 Å². The highest BCUT2D eigenvalue weighted by Crippen LogP contribution is 2.23. The summed E-state index contributed by atoms with van der Waals surface area (Å²) in [5.41, 5.74) is 1.75. The summed E-state index contributed by atoms with van der Waals surface area (Å²) in [6.45, 7) is 0.437. The maximum Gasteiger partial charge on any atom is 0.279 e. The van der Waals surface area contributed by atoms with Crippen LogP contribution in [0.5, 0.6) is 0 Å². The van der Waals surface area contributed by atoms with E-state index in [4.69, 9.17) is 11.6 Å². The predicted octanol–water partition coefficient (Wildman–Crippen LogP) is 3.41. The van der Waals surface area contributed by atoms with E-state index in [-0.39, 0.29) is 24.1 Å². The van der Waals surface area contributed by atoms with Crippen molar-refractivity contribution in [2.24, 2.45) is 0 Å². The molecule has 6 heteroatoms. The van der Waals surface area contributed by atoms with Gasteiger partial charge < -0.3 is 10.6 Å². The van der Waals surface area contributed by atoms with Crippen molar-refractivity contribution in [1.29, 1.82) is 0 Å². The third-order valence-electron chi connectivity index (χ3n) is 4.19. The fourth-order valence-electron chi connectivity index (χ4n) is 2.78. The number of ketones is 1. The molecule has 3 N–H and O–H groups in total. The van der Waals surface area contributed by atoms with Gasteiger partial charge in [0, 0.05) is 21.7 Å². The second-order valence-corrected chi connectivity index (χ2v) is 6.66. The van der Waals surface area contributed by atoms with E-state index < -0.39 is 0 Å². The topological polar surface area (TPSA) is 62.8 Å². The number of benzene rings is 3. The summed E-state index contributed by atoms with van der Waals surface area (Å²) in [4.78, 5) is 25.1. The molecule has 0 radical (unpaired) electrons. The van der Waals surface area contributed by atoms with Gasteiger partial charge in [-0.2, -0.15) is 0 Å². The van der Waals surface area contributed by atoms with Gasteiger partial charge in [0.25, 0.3) is 5.91 Å². The zero-order valence-corrected chi connectivity index (χ0v) is 15.7. The largest absolute Gasteiger partial charge is 0.335 e. The highest BCUT2D eigenvalue weighted by Gasteiger charge is 2.16. The van der Waals surface area contributed by atoms with Crippen LogP contribution in [0.4, 0.5) is 10.1 Å². The quantitative estimate of drug-likeness (QED) is 0.600. The molecule has 1 amide bonds. The normalized spacial score (nSPS) is 10.5. The SMILES string of the molecule is O=C(C[NH2+]Cc1ccccc1F)Nc1ccc(Cl)cc1C(=O)c1ccccc1. The lowest BCUT2D eigenvalue weighted by molar-refractivity contribution is -0.659. The van der Waals surface area contributed by atoms with Crippen LogP contribution in [0.15, 0.2) is 72.8 Å². The maximum atomic E-state index is 13.6. The van der Waals surface area contributed by atoms with Gasteiger partial charge in [0.15, 0.2) is 12.3 Å². The van der Waals surface area contributed by atoms with E-state index in [2.05, 4.69) is 5.32 Å². The average Bonchev–Trinajstić information content (AvgIpc) is 2.71. The molecule has 0 unspecified atom stereocenters. The molecule has 3 aromatic rings. The smallest absolute Gasteiger partial charge is 0.279 e. The number of halogens is 2. The second kappa shape index (κ2) is 9.26. The zero-order chi connectivity index (χ0) is 19.9. The van der Waals surface area contributed by atoms with Crippen LogP contribution in [-0.4, -0.2) is 18.2 Å². The molecule has 0 bridgehead atoms. The Kier molecular flexibility index (Phi) is 6.53.